The van der Waals surface area contributed by atoms with Gasteiger partial charge in [-0.15, -0.1) is 8.20 Å². The van der Waals surface area contributed by atoms with Crippen LogP contribution in [0.3, 0.4) is 0 Å². The molecule has 122 valence electrons. The smallest absolute Gasteiger partial charge is 0.309 e. The van der Waals surface area contributed by atoms with Crippen molar-refractivity contribution in [2.75, 3.05) is 6.16 Å². The Labute approximate surface area is 131 Å². The lowest BCUT2D eigenvalue weighted by Crippen LogP contribution is -2.33. The fraction of sp³-hybridized carbons (Fsp3) is 0.824. The highest BCUT2D eigenvalue weighted by Gasteiger charge is 2.32. The summed E-state index contributed by atoms with van der Waals surface area (Å²) in [5, 5.41) is 0. The number of carbonyl (C=O) groups excluding carboxylic acids is 2. The molecule has 0 saturated carbocycles. The molecule has 3 nitrogen and oxygen atoms in total. The van der Waals surface area contributed by atoms with Crippen LogP contribution in [0.1, 0.15) is 60.8 Å². The van der Waals surface area contributed by atoms with Crippen LogP contribution in [-0.4, -0.2) is 29.8 Å². The Balaban J connectivity index is 5.00. The van der Waals surface area contributed by atoms with Crippen LogP contribution in [-0.2, 0) is 14.3 Å². The molecule has 0 heterocycles. The van der Waals surface area contributed by atoms with Crippen molar-refractivity contribution in [3.63, 3.8) is 0 Å². The molecule has 0 aromatic carbocycles. The average Bonchev–Trinajstić information content (AvgIpc) is 2.33. The Morgan fingerprint density at radius 3 is 2.24 bits per heavy atom. The van der Waals surface area contributed by atoms with Crippen LogP contribution in [0.25, 0.3) is 0 Å². The van der Waals surface area contributed by atoms with Gasteiger partial charge in [-0.3, -0.25) is 9.59 Å². The number of Topliss-reactive ketones (excluding diaryl/α,β-unsaturated/α-hetero) is 1. The number of hydrogen-bond acceptors (Lipinski definition) is 3. The molecule has 4 heteroatoms. The van der Waals surface area contributed by atoms with E-state index in [1.165, 1.54) is 0 Å². The van der Waals surface area contributed by atoms with Crippen molar-refractivity contribution in [1.29, 1.82) is 0 Å². The summed E-state index contributed by atoms with van der Waals surface area (Å²) in [6.07, 6.45) is 7.22. The second-order valence-corrected chi connectivity index (χ2v) is 7.69. The summed E-state index contributed by atoms with van der Waals surface area (Å²) in [7, 11) is 1.08. The van der Waals surface area contributed by atoms with Gasteiger partial charge in [0.25, 0.3) is 0 Å². The molecule has 0 aromatic rings. The Hall–Kier alpha value is -0.690. The highest BCUT2D eigenvalue weighted by atomic mass is 31.1. The first kappa shape index (κ1) is 20.3. The quantitative estimate of drug-likeness (QED) is 0.469. The summed E-state index contributed by atoms with van der Waals surface area (Å²) in [4.78, 5) is 24.0. The van der Waals surface area contributed by atoms with Crippen molar-refractivity contribution < 1.29 is 14.3 Å². The Morgan fingerprint density at radius 2 is 1.86 bits per heavy atom. The molecule has 0 aliphatic rings. The molecule has 0 bridgehead atoms. The van der Waals surface area contributed by atoms with E-state index >= 15 is 0 Å². The standard InChI is InChI=1S/C17H31O3P/c1-8-15(16(19)20-17(4,5)6)14(9-10-21-7)11-12(2)13(3)18/h12,14-15H,7-11H2,1-6H3. The van der Waals surface area contributed by atoms with E-state index in [-0.39, 0.29) is 29.5 Å². The molecule has 3 unspecified atom stereocenters. The fourth-order valence-electron chi connectivity index (χ4n) is 2.43. The van der Waals surface area contributed by atoms with Gasteiger partial charge in [-0.05, 0) is 59.0 Å². The molecule has 0 aromatic heterocycles. The lowest BCUT2D eigenvalue weighted by Gasteiger charge is -2.29. The summed E-state index contributed by atoms with van der Waals surface area (Å²) in [6, 6.07) is 0. The number of hydrogen-bond donors (Lipinski definition) is 0. The minimum atomic E-state index is -0.466. The monoisotopic (exact) mass is 314 g/mol. The Bertz CT molecular complexity index is 358. The van der Waals surface area contributed by atoms with Crippen LogP contribution in [0.4, 0.5) is 0 Å². The first-order valence-corrected chi connectivity index (χ1v) is 9.04. The fourth-order valence-corrected chi connectivity index (χ4v) is 2.94. The summed E-state index contributed by atoms with van der Waals surface area (Å²) >= 11 is 0. The molecule has 0 spiro atoms. The van der Waals surface area contributed by atoms with E-state index in [2.05, 4.69) is 6.30 Å². The maximum Gasteiger partial charge on any atom is 0.309 e. The van der Waals surface area contributed by atoms with Crippen molar-refractivity contribution in [3.05, 3.63) is 0 Å². The molecule has 0 radical (unpaired) electrons. The minimum Gasteiger partial charge on any atom is -0.460 e. The predicted octanol–water partition coefficient (Wildman–Crippen LogP) is 4.35. The SMILES string of the molecule is C=PCCC(CC(C)C(C)=O)C(CC)C(=O)OC(C)(C)C. The molecule has 0 saturated heterocycles. The Morgan fingerprint density at radius 1 is 1.29 bits per heavy atom. The van der Waals surface area contributed by atoms with E-state index in [0.29, 0.717) is 0 Å². The largest absolute Gasteiger partial charge is 0.460 e. The zero-order valence-electron chi connectivity index (χ0n) is 14.4. The van der Waals surface area contributed by atoms with Gasteiger partial charge in [0.1, 0.15) is 11.4 Å². The molecule has 0 fully saturated rings. The summed E-state index contributed by atoms with van der Waals surface area (Å²) in [6.45, 7) is 11.2. The highest BCUT2D eigenvalue weighted by molar-refractivity contribution is 7.36. The van der Waals surface area contributed by atoms with E-state index in [4.69, 9.17) is 4.74 Å². The first-order valence-electron chi connectivity index (χ1n) is 7.78. The molecular formula is C17H31O3P. The second-order valence-electron chi connectivity index (χ2n) is 6.79. The van der Waals surface area contributed by atoms with Crippen molar-refractivity contribution in [1.82, 2.24) is 0 Å². The van der Waals surface area contributed by atoms with E-state index in [1.54, 1.807) is 6.92 Å². The van der Waals surface area contributed by atoms with E-state index in [1.807, 2.05) is 34.6 Å². The maximum atomic E-state index is 12.4. The number of carbonyl (C=O) groups is 2. The van der Waals surface area contributed by atoms with Gasteiger partial charge in [-0.25, -0.2) is 0 Å². The van der Waals surface area contributed by atoms with E-state index in [9.17, 15) is 9.59 Å². The summed E-state index contributed by atoms with van der Waals surface area (Å²) < 4.78 is 5.55. The average molecular weight is 314 g/mol. The van der Waals surface area contributed by atoms with Crippen LogP contribution >= 0.6 is 8.20 Å². The van der Waals surface area contributed by atoms with Gasteiger partial charge < -0.3 is 4.74 Å². The third kappa shape index (κ3) is 8.36. The minimum absolute atomic E-state index is 0.00651. The highest BCUT2D eigenvalue weighted by Crippen LogP contribution is 2.30. The van der Waals surface area contributed by atoms with Gasteiger partial charge in [0.05, 0.1) is 5.92 Å². The van der Waals surface area contributed by atoms with Gasteiger partial charge >= 0.3 is 5.97 Å². The first-order chi connectivity index (χ1) is 9.62. The van der Waals surface area contributed by atoms with Gasteiger partial charge in [-0.2, -0.15) is 0 Å². The van der Waals surface area contributed by atoms with Crippen LogP contribution in [0, 0.1) is 17.8 Å². The normalized spacial score (nSPS) is 16.3. The van der Waals surface area contributed by atoms with Crippen LogP contribution in [0.15, 0.2) is 0 Å². The van der Waals surface area contributed by atoms with Crippen LogP contribution < -0.4 is 0 Å². The zero-order valence-corrected chi connectivity index (χ0v) is 15.3. The topological polar surface area (TPSA) is 43.4 Å². The Kier molecular flexibility index (Phi) is 9.04. The lowest BCUT2D eigenvalue weighted by atomic mass is 9.80. The number of ether oxygens (including phenoxy) is 1. The molecule has 21 heavy (non-hydrogen) atoms. The zero-order chi connectivity index (χ0) is 16.6. The van der Waals surface area contributed by atoms with Crippen molar-refractivity contribution in [2.45, 2.75) is 66.4 Å². The second kappa shape index (κ2) is 9.35. The molecule has 0 rings (SSSR count). The third-order valence-electron chi connectivity index (χ3n) is 3.73. The number of rotatable bonds is 9. The van der Waals surface area contributed by atoms with Gasteiger partial charge in [0.2, 0.25) is 0 Å². The molecule has 0 amide bonds. The maximum absolute atomic E-state index is 12.4. The van der Waals surface area contributed by atoms with Gasteiger partial charge in [0.15, 0.2) is 0 Å². The molecular weight excluding hydrogens is 283 g/mol. The van der Waals surface area contributed by atoms with E-state index in [0.717, 1.165) is 33.6 Å². The van der Waals surface area contributed by atoms with Gasteiger partial charge in [0, 0.05) is 5.92 Å². The summed E-state index contributed by atoms with van der Waals surface area (Å²) in [5.74, 6) is 0.108. The van der Waals surface area contributed by atoms with Crippen LogP contribution in [0.2, 0.25) is 0 Å². The van der Waals surface area contributed by atoms with Crippen molar-refractivity contribution >= 4 is 26.3 Å². The molecule has 0 aliphatic heterocycles. The molecule has 3 atom stereocenters. The summed E-state index contributed by atoms with van der Waals surface area (Å²) in [5.41, 5.74) is -0.466. The molecule has 0 N–H and O–H groups in total. The predicted molar refractivity (Wildman–Crippen MR) is 91.1 cm³/mol. The van der Waals surface area contributed by atoms with Crippen LogP contribution in [0.5, 0.6) is 0 Å². The molecule has 0 aliphatic carbocycles. The number of ketones is 1. The third-order valence-corrected chi connectivity index (χ3v) is 4.30. The van der Waals surface area contributed by atoms with Crippen molar-refractivity contribution in [2.24, 2.45) is 17.8 Å². The lowest BCUT2D eigenvalue weighted by molar-refractivity contribution is -0.162. The van der Waals surface area contributed by atoms with Crippen molar-refractivity contribution in [3.8, 4) is 0 Å². The van der Waals surface area contributed by atoms with E-state index < -0.39 is 5.60 Å². The number of esters is 1. The van der Waals surface area contributed by atoms with Gasteiger partial charge in [-0.1, -0.05) is 20.1 Å².